The molecular formula is C20H30O. The fourth-order valence-corrected chi connectivity index (χ4v) is 3.92. The monoisotopic (exact) mass is 286 g/mol. The molecule has 116 valence electrons. The lowest BCUT2D eigenvalue weighted by Gasteiger charge is -2.30. The standard InChI is InChI=1S/C20H30O/c1-13(2)17-6-8-18(9-7-17)20(21)12-19-15(4)10-14(3)11-16(19)5/h10-11,13,17-18H,6-9,12H2,1-5H3. The van der Waals surface area contributed by atoms with Crippen LogP contribution in [-0.2, 0) is 11.2 Å². The average Bonchev–Trinajstić information content (AvgIpc) is 2.42. The normalized spacial score (nSPS) is 22.6. The zero-order chi connectivity index (χ0) is 15.6. The Balaban J connectivity index is 2.00. The van der Waals surface area contributed by atoms with E-state index in [4.69, 9.17) is 0 Å². The highest BCUT2D eigenvalue weighted by Crippen LogP contribution is 2.34. The van der Waals surface area contributed by atoms with Gasteiger partial charge in [-0.3, -0.25) is 4.79 Å². The van der Waals surface area contributed by atoms with Crippen molar-refractivity contribution in [3.05, 3.63) is 34.4 Å². The number of carbonyl (C=O) groups excluding carboxylic acids is 1. The number of hydrogen-bond acceptors (Lipinski definition) is 1. The van der Waals surface area contributed by atoms with Gasteiger partial charge in [0.2, 0.25) is 0 Å². The summed E-state index contributed by atoms with van der Waals surface area (Å²) < 4.78 is 0. The van der Waals surface area contributed by atoms with Crippen LogP contribution in [0.15, 0.2) is 12.1 Å². The van der Waals surface area contributed by atoms with Gasteiger partial charge in [-0.1, -0.05) is 31.5 Å². The van der Waals surface area contributed by atoms with Gasteiger partial charge in [0.15, 0.2) is 0 Å². The lowest BCUT2D eigenvalue weighted by molar-refractivity contribution is -0.123. The van der Waals surface area contributed by atoms with Gasteiger partial charge in [0.25, 0.3) is 0 Å². The second-order valence-electron chi connectivity index (χ2n) is 7.38. The van der Waals surface area contributed by atoms with Crippen LogP contribution < -0.4 is 0 Å². The number of aryl methyl sites for hydroxylation is 3. The molecule has 1 saturated carbocycles. The van der Waals surface area contributed by atoms with E-state index in [-0.39, 0.29) is 0 Å². The number of carbonyl (C=O) groups is 1. The Hall–Kier alpha value is -1.11. The molecule has 0 radical (unpaired) electrons. The summed E-state index contributed by atoms with van der Waals surface area (Å²) in [5, 5.41) is 0. The van der Waals surface area contributed by atoms with Crippen molar-refractivity contribution >= 4 is 5.78 Å². The fourth-order valence-electron chi connectivity index (χ4n) is 3.92. The number of Topliss-reactive ketones (excluding diaryl/α,β-unsaturated/α-hetero) is 1. The van der Waals surface area contributed by atoms with E-state index in [2.05, 4.69) is 46.8 Å². The van der Waals surface area contributed by atoms with Crippen LogP contribution in [0.4, 0.5) is 0 Å². The fraction of sp³-hybridized carbons (Fsp3) is 0.650. The number of benzene rings is 1. The lowest BCUT2D eigenvalue weighted by Crippen LogP contribution is -2.25. The van der Waals surface area contributed by atoms with Gasteiger partial charge in [-0.25, -0.2) is 0 Å². The molecule has 21 heavy (non-hydrogen) atoms. The average molecular weight is 286 g/mol. The minimum absolute atomic E-state index is 0.306. The molecule has 1 aliphatic rings. The number of ketones is 1. The molecule has 1 nitrogen and oxygen atoms in total. The molecule has 0 aromatic heterocycles. The predicted octanol–water partition coefficient (Wildman–Crippen LogP) is 5.19. The van der Waals surface area contributed by atoms with E-state index in [1.54, 1.807) is 0 Å². The largest absolute Gasteiger partial charge is 0.299 e. The lowest BCUT2D eigenvalue weighted by atomic mass is 9.74. The molecule has 0 heterocycles. The highest BCUT2D eigenvalue weighted by molar-refractivity contribution is 5.84. The van der Waals surface area contributed by atoms with Crippen LogP contribution in [0.25, 0.3) is 0 Å². The molecule has 0 bridgehead atoms. The molecule has 0 unspecified atom stereocenters. The first-order valence-corrected chi connectivity index (χ1v) is 8.48. The van der Waals surface area contributed by atoms with Crippen molar-refractivity contribution in [1.82, 2.24) is 0 Å². The van der Waals surface area contributed by atoms with Gasteiger partial charge in [0.05, 0.1) is 0 Å². The Kier molecular flexibility index (Phi) is 5.24. The molecule has 0 N–H and O–H groups in total. The molecular weight excluding hydrogens is 256 g/mol. The molecule has 1 aliphatic carbocycles. The summed E-state index contributed by atoms with van der Waals surface area (Å²) in [6.45, 7) is 11.0. The first kappa shape index (κ1) is 16.3. The van der Waals surface area contributed by atoms with Crippen molar-refractivity contribution in [2.45, 2.75) is 66.7 Å². The second-order valence-corrected chi connectivity index (χ2v) is 7.38. The minimum atomic E-state index is 0.306. The van der Waals surface area contributed by atoms with Gasteiger partial charge in [-0.05, 0) is 75.0 Å². The van der Waals surface area contributed by atoms with Gasteiger partial charge in [0.1, 0.15) is 5.78 Å². The Labute approximate surface area is 130 Å². The van der Waals surface area contributed by atoms with Crippen molar-refractivity contribution in [2.24, 2.45) is 17.8 Å². The number of hydrogen-bond donors (Lipinski definition) is 0. The third kappa shape index (κ3) is 3.96. The maximum atomic E-state index is 12.6. The molecule has 0 saturated heterocycles. The zero-order valence-electron chi connectivity index (χ0n) is 14.3. The Morgan fingerprint density at radius 1 is 1.05 bits per heavy atom. The summed E-state index contributed by atoms with van der Waals surface area (Å²) in [6.07, 6.45) is 5.31. The third-order valence-electron chi connectivity index (χ3n) is 5.36. The summed E-state index contributed by atoms with van der Waals surface area (Å²) in [4.78, 5) is 12.6. The molecule has 1 fully saturated rings. The highest BCUT2D eigenvalue weighted by Gasteiger charge is 2.27. The molecule has 0 amide bonds. The first-order valence-electron chi connectivity index (χ1n) is 8.48. The van der Waals surface area contributed by atoms with Crippen LogP contribution in [0, 0.1) is 38.5 Å². The molecule has 0 aliphatic heterocycles. The van der Waals surface area contributed by atoms with E-state index in [0.29, 0.717) is 18.1 Å². The molecule has 1 aromatic rings. The Bertz CT molecular complexity index is 482. The van der Waals surface area contributed by atoms with Crippen LogP contribution in [0.2, 0.25) is 0 Å². The summed E-state index contributed by atoms with van der Waals surface area (Å²) in [6, 6.07) is 4.40. The molecule has 0 spiro atoms. The van der Waals surface area contributed by atoms with Gasteiger partial charge in [0, 0.05) is 12.3 Å². The molecule has 0 atom stereocenters. The van der Waals surface area contributed by atoms with Gasteiger partial charge < -0.3 is 0 Å². The quantitative estimate of drug-likeness (QED) is 0.744. The maximum absolute atomic E-state index is 12.6. The first-order chi connectivity index (χ1) is 9.88. The van der Waals surface area contributed by atoms with Gasteiger partial charge in [-0.15, -0.1) is 0 Å². The highest BCUT2D eigenvalue weighted by atomic mass is 16.1. The Morgan fingerprint density at radius 3 is 2.05 bits per heavy atom. The summed E-state index contributed by atoms with van der Waals surface area (Å²) >= 11 is 0. The molecule has 1 heteroatoms. The van der Waals surface area contributed by atoms with Crippen LogP contribution in [0.3, 0.4) is 0 Å². The summed E-state index contributed by atoms with van der Waals surface area (Å²) in [5.74, 6) is 2.37. The van der Waals surface area contributed by atoms with E-state index in [1.807, 2.05) is 0 Å². The molecule has 1 aromatic carbocycles. The topological polar surface area (TPSA) is 17.1 Å². The third-order valence-corrected chi connectivity index (χ3v) is 5.36. The Morgan fingerprint density at radius 2 is 1.57 bits per heavy atom. The van der Waals surface area contributed by atoms with Gasteiger partial charge >= 0.3 is 0 Å². The van der Waals surface area contributed by atoms with Crippen LogP contribution >= 0.6 is 0 Å². The smallest absolute Gasteiger partial charge is 0.140 e. The number of rotatable bonds is 4. The van der Waals surface area contributed by atoms with E-state index in [1.165, 1.54) is 35.1 Å². The van der Waals surface area contributed by atoms with Crippen LogP contribution in [-0.4, -0.2) is 5.78 Å². The summed E-state index contributed by atoms with van der Waals surface area (Å²) in [7, 11) is 0. The van der Waals surface area contributed by atoms with Crippen LogP contribution in [0.1, 0.15) is 61.8 Å². The van der Waals surface area contributed by atoms with E-state index in [0.717, 1.165) is 24.7 Å². The summed E-state index contributed by atoms with van der Waals surface area (Å²) in [5.41, 5.74) is 5.10. The van der Waals surface area contributed by atoms with E-state index in [9.17, 15) is 4.79 Å². The van der Waals surface area contributed by atoms with E-state index >= 15 is 0 Å². The van der Waals surface area contributed by atoms with Crippen molar-refractivity contribution < 1.29 is 4.79 Å². The van der Waals surface area contributed by atoms with Crippen molar-refractivity contribution in [1.29, 1.82) is 0 Å². The second kappa shape index (κ2) is 6.77. The van der Waals surface area contributed by atoms with Crippen molar-refractivity contribution in [3.8, 4) is 0 Å². The SMILES string of the molecule is Cc1cc(C)c(CC(=O)C2CCC(C(C)C)CC2)c(C)c1. The van der Waals surface area contributed by atoms with Crippen molar-refractivity contribution in [2.75, 3.05) is 0 Å². The van der Waals surface area contributed by atoms with E-state index < -0.39 is 0 Å². The molecule has 2 rings (SSSR count). The predicted molar refractivity (Wildman–Crippen MR) is 89.7 cm³/mol. The van der Waals surface area contributed by atoms with Crippen LogP contribution in [0.5, 0.6) is 0 Å². The maximum Gasteiger partial charge on any atom is 0.140 e. The zero-order valence-corrected chi connectivity index (χ0v) is 14.3. The van der Waals surface area contributed by atoms with Gasteiger partial charge in [-0.2, -0.15) is 0 Å². The van der Waals surface area contributed by atoms with Crippen molar-refractivity contribution in [3.63, 3.8) is 0 Å². The minimum Gasteiger partial charge on any atom is -0.299 e.